The number of anilines is 1. The number of nitrogens with zero attached hydrogens (tertiary/aromatic N) is 3. The molecule has 6 aliphatic rings. The molecule has 2 aromatic rings. The van der Waals surface area contributed by atoms with Crippen LogP contribution in [0.15, 0.2) is 52.9 Å². The van der Waals surface area contributed by atoms with Gasteiger partial charge < -0.3 is 19.3 Å². The first kappa shape index (κ1) is 34.8. The van der Waals surface area contributed by atoms with Gasteiger partial charge in [-0.05, 0) is 97.7 Å². The number of allylic oxidation sites excluding steroid dienone is 1. The van der Waals surface area contributed by atoms with E-state index in [0.29, 0.717) is 37.2 Å². The van der Waals surface area contributed by atoms with Crippen molar-refractivity contribution < 1.29 is 32.1 Å². The number of halogens is 3. The summed E-state index contributed by atoms with van der Waals surface area (Å²) in [4.78, 5) is 30.7. The fraction of sp³-hybridized carbons (Fsp3) is 0.579. The highest BCUT2D eigenvalue weighted by Crippen LogP contribution is 2.65. The lowest BCUT2D eigenvalue weighted by Gasteiger charge is -2.46. The van der Waals surface area contributed by atoms with Crippen molar-refractivity contribution in [3.05, 3.63) is 70.3 Å². The molecular formula is C38H45ClF2N4O5S. The number of alkyl halides is 2. The zero-order valence-corrected chi connectivity index (χ0v) is 30.6. The summed E-state index contributed by atoms with van der Waals surface area (Å²) in [6.45, 7) is 3.55. The van der Waals surface area contributed by atoms with E-state index >= 15 is 0 Å². The van der Waals surface area contributed by atoms with E-state index in [-0.39, 0.29) is 48.3 Å². The Kier molecular flexibility index (Phi) is 8.69. The van der Waals surface area contributed by atoms with Crippen LogP contribution in [0, 0.1) is 23.2 Å². The number of ether oxygens (including phenoxy) is 2. The van der Waals surface area contributed by atoms with Gasteiger partial charge >= 0.3 is 6.03 Å². The molecule has 2 saturated carbocycles. The zero-order chi connectivity index (χ0) is 35.8. The Morgan fingerprint density at radius 3 is 2.69 bits per heavy atom. The monoisotopic (exact) mass is 742 g/mol. The molecule has 1 saturated heterocycles. The first-order valence-corrected chi connectivity index (χ1v) is 20.1. The standard InChI is InChI=1S/C38H45ClF2N4O5S/c1-24-5-3-7-32(49-2)29-11-8-27(29)17-44-20-36(14-4-6-25-15-28(39)10-12-30(25)36)23-50-33-13-9-26(16-31(33)44)34(46)42-51(48,18-24)43-35(47)45-21-37(22-45)19-38(37,40)41/h3,7,9-10,12-13,15-16,24,27,29,32H,4-6,8,11,14,17-23H2,1-2H3,(H,42,43,46,47,48)/b7-3+/t24-,27-,29+,32-,36-,51?/m0/s1. The van der Waals surface area contributed by atoms with Crippen molar-refractivity contribution in [2.75, 3.05) is 50.5 Å². The van der Waals surface area contributed by atoms with E-state index in [1.807, 2.05) is 19.1 Å². The number of carbonyl (C=O) groups is 2. The van der Waals surface area contributed by atoms with E-state index in [9.17, 15) is 22.6 Å². The minimum Gasteiger partial charge on any atom is -0.490 e. The Bertz CT molecular complexity index is 1910. The predicted octanol–water partition coefficient (Wildman–Crippen LogP) is 7.02. The molecule has 3 heterocycles. The Labute approximate surface area is 303 Å². The van der Waals surface area contributed by atoms with Gasteiger partial charge in [-0.3, -0.25) is 9.52 Å². The number of carbonyl (C=O) groups excluding carboxylic acids is 2. The highest BCUT2D eigenvalue weighted by Gasteiger charge is 2.76. The third-order valence-electron chi connectivity index (χ3n) is 12.2. The SMILES string of the molecule is CO[C@H]1/C=C/C[C@H](C)CS(=O)(NC(=O)N2CC3(C2)CC3(F)F)=NC(=O)c2ccc3c(c2)N(C[C@@H]2CC[C@H]21)C[C@@]1(CCCc2cc(Cl)ccc21)CO3. The van der Waals surface area contributed by atoms with Gasteiger partial charge in [-0.2, -0.15) is 0 Å². The second-order valence-corrected chi connectivity index (χ2v) is 18.3. The van der Waals surface area contributed by atoms with E-state index in [1.54, 1.807) is 25.3 Å². The molecule has 3 fully saturated rings. The van der Waals surface area contributed by atoms with Crippen LogP contribution in [0.4, 0.5) is 19.3 Å². The van der Waals surface area contributed by atoms with Crippen LogP contribution in [0.25, 0.3) is 0 Å². The molecule has 8 rings (SSSR count). The minimum atomic E-state index is -3.63. The van der Waals surface area contributed by atoms with Gasteiger partial charge in [-0.15, -0.1) is 4.36 Å². The Hall–Kier alpha value is -3.22. The summed E-state index contributed by atoms with van der Waals surface area (Å²) in [5.74, 6) is -2.48. The van der Waals surface area contributed by atoms with Crippen molar-refractivity contribution in [2.45, 2.75) is 69.3 Å². The summed E-state index contributed by atoms with van der Waals surface area (Å²) in [6.07, 6.45) is 9.29. The van der Waals surface area contributed by atoms with E-state index < -0.39 is 33.2 Å². The highest BCUT2D eigenvalue weighted by molar-refractivity contribution is 7.92. The largest absolute Gasteiger partial charge is 0.490 e. The van der Waals surface area contributed by atoms with Crippen LogP contribution >= 0.6 is 11.6 Å². The quantitative estimate of drug-likeness (QED) is 0.332. The second-order valence-electron chi connectivity index (χ2n) is 15.9. The third-order valence-corrected chi connectivity index (χ3v) is 14.5. The Morgan fingerprint density at radius 1 is 1.16 bits per heavy atom. The lowest BCUT2D eigenvalue weighted by Crippen LogP contribution is -2.58. The minimum absolute atomic E-state index is 0.0835. The van der Waals surface area contributed by atoms with Crippen LogP contribution in [-0.2, 0) is 26.5 Å². The number of likely N-dealkylation sites (tertiary alicyclic amines) is 1. The third kappa shape index (κ3) is 6.33. The number of methoxy groups -OCH3 is 1. The molecule has 0 aromatic heterocycles. The van der Waals surface area contributed by atoms with E-state index in [1.165, 1.54) is 16.0 Å². The summed E-state index contributed by atoms with van der Waals surface area (Å²) in [5, 5.41) is 0.719. The lowest BCUT2D eigenvalue weighted by atomic mass is 9.68. The smallest absolute Gasteiger partial charge is 0.329 e. The normalized spacial score (nSPS) is 34.1. The molecule has 2 aromatic carbocycles. The van der Waals surface area contributed by atoms with Gasteiger partial charge in [-0.25, -0.2) is 17.8 Å². The number of benzene rings is 2. The molecule has 2 bridgehead atoms. The van der Waals surface area contributed by atoms with Crippen molar-refractivity contribution in [1.82, 2.24) is 9.62 Å². The van der Waals surface area contributed by atoms with Gasteiger partial charge in [0.15, 0.2) is 0 Å². The van der Waals surface area contributed by atoms with Gasteiger partial charge in [0.05, 0.1) is 29.6 Å². The summed E-state index contributed by atoms with van der Waals surface area (Å²) < 4.78 is 61.5. The maximum absolute atomic E-state index is 14.4. The van der Waals surface area contributed by atoms with E-state index in [4.69, 9.17) is 21.1 Å². The average molecular weight is 743 g/mol. The van der Waals surface area contributed by atoms with Crippen LogP contribution in [0.1, 0.15) is 66.9 Å². The van der Waals surface area contributed by atoms with E-state index in [0.717, 1.165) is 49.4 Å². The number of amides is 3. The molecule has 0 radical (unpaired) electrons. The molecule has 3 aliphatic heterocycles. The molecular weight excluding hydrogens is 698 g/mol. The summed E-state index contributed by atoms with van der Waals surface area (Å²) in [6, 6.07) is 10.6. The zero-order valence-electron chi connectivity index (χ0n) is 29.0. The number of fused-ring (bicyclic) bond motifs is 4. The molecule has 51 heavy (non-hydrogen) atoms. The fourth-order valence-electron chi connectivity index (χ4n) is 9.12. The molecule has 274 valence electrons. The number of aryl methyl sites for hydroxylation is 1. The molecule has 13 heteroatoms. The van der Waals surface area contributed by atoms with Crippen LogP contribution in [0.5, 0.6) is 5.75 Å². The first-order chi connectivity index (χ1) is 24.3. The summed E-state index contributed by atoms with van der Waals surface area (Å²) >= 11 is 6.44. The predicted molar refractivity (Wildman–Crippen MR) is 192 cm³/mol. The summed E-state index contributed by atoms with van der Waals surface area (Å²) in [5.41, 5.74) is 2.02. The van der Waals surface area contributed by atoms with Crippen molar-refractivity contribution >= 4 is 39.1 Å². The van der Waals surface area contributed by atoms with Crippen molar-refractivity contribution in [3.63, 3.8) is 0 Å². The molecule has 3 aliphatic carbocycles. The maximum Gasteiger partial charge on any atom is 0.329 e. The topological polar surface area (TPSA) is 101 Å². The first-order valence-electron chi connectivity index (χ1n) is 18.1. The maximum atomic E-state index is 14.4. The molecule has 9 nitrogen and oxygen atoms in total. The number of rotatable bonds is 2. The summed E-state index contributed by atoms with van der Waals surface area (Å²) in [7, 11) is -1.90. The fourth-order valence-corrected chi connectivity index (χ4v) is 11.2. The van der Waals surface area contributed by atoms with Gasteiger partial charge in [0, 0.05) is 55.7 Å². The second kappa shape index (κ2) is 12.7. The van der Waals surface area contributed by atoms with Gasteiger partial charge in [-0.1, -0.05) is 36.7 Å². The Morgan fingerprint density at radius 2 is 1.96 bits per heavy atom. The molecule has 3 amide bonds. The van der Waals surface area contributed by atoms with Crippen LogP contribution in [0.3, 0.4) is 0 Å². The van der Waals surface area contributed by atoms with Crippen molar-refractivity contribution in [2.24, 2.45) is 27.5 Å². The Balaban J connectivity index is 1.16. The van der Waals surface area contributed by atoms with Crippen molar-refractivity contribution in [3.8, 4) is 5.75 Å². The number of hydrogen-bond donors (Lipinski definition) is 1. The van der Waals surface area contributed by atoms with Crippen LogP contribution in [0.2, 0.25) is 5.02 Å². The van der Waals surface area contributed by atoms with Gasteiger partial charge in [0.2, 0.25) is 0 Å². The van der Waals surface area contributed by atoms with Gasteiger partial charge in [0.25, 0.3) is 11.8 Å². The lowest BCUT2D eigenvalue weighted by molar-refractivity contribution is -0.00404. The average Bonchev–Trinajstić information content (AvgIpc) is 3.68. The van der Waals surface area contributed by atoms with E-state index in [2.05, 4.69) is 32.2 Å². The molecule has 6 atom stereocenters. The van der Waals surface area contributed by atoms with Crippen LogP contribution in [-0.4, -0.2) is 78.7 Å². The number of urea groups is 1. The van der Waals surface area contributed by atoms with Crippen molar-refractivity contribution in [1.29, 1.82) is 0 Å². The van der Waals surface area contributed by atoms with Gasteiger partial charge in [0.1, 0.15) is 15.7 Å². The molecule has 2 spiro atoms. The number of hydrogen-bond acceptors (Lipinski definition) is 6. The number of nitrogens with one attached hydrogen (secondary N) is 1. The van der Waals surface area contributed by atoms with Crippen LogP contribution < -0.4 is 14.4 Å². The molecule has 1 unspecified atom stereocenters. The molecule has 1 N–H and O–H groups in total. The highest BCUT2D eigenvalue weighted by atomic mass is 35.5.